The zero-order valence-electron chi connectivity index (χ0n) is 11.4. The monoisotopic (exact) mass is 273 g/mol. The lowest BCUT2D eigenvalue weighted by atomic mass is 10.2. The van der Waals surface area contributed by atoms with Gasteiger partial charge in [0.2, 0.25) is 0 Å². The number of aromatic nitrogens is 2. The summed E-state index contributed by atoms with van der Waals surface area (Å²) in [6, 6.07) is 0. The molecule has 6 heteroatoms. The standard InChI is InChI=1S/C12H23N3O2S/c1-4-18(16,17)6-5-15-10-12(9-14-15)8-13-7-11(2)3/h9-11,13H,4-8H2,1-3H3. The van der Waals surface area contributed by atoms with Crippen molar-refractivity contribution in [3.63, 3.8) is 0 Å². The molecule has 1 aromatic rings. The fourth-order valence-corrected chi connectivity index (χ4v) is 2.26. The molecule has 0 aliphatic rings. The van der Waals surface area contributed by atoms with Gasteiger partial charge in [-0.3, -0.25) is 4.68 Å². The van der Waals surface area contributed by atoms with Crippen molar-refractivity contribution in [3.05, 3.63) is 18.0 Å². The summed E-state index contributed by atoms with van der Waals surface area (Å²) in [5.41, 5.74) is 1.09. The number of rotatable bonds is 8. The van der Waals surface area contributed by atoms with E-state index in [0.29, 0.717) is 12.5 Å². The molecule has 1 aromatic heterocycles. The average molecular weight is 273 g/mol. The molecule has 1 rings (SSSR count). The molecule has 0 aliphatic heterocycles. The minimum Gasteiger partial charge on any atom is -0.312 e. The zero-order chi connectivity index (χ0) is 13.6. The highest BCUT2D eigenvalue weighted by Gasteiger charge is 2.08. The Kier molecular flexibility index (Phi) is 5.81. The topological polar surface area (TPSA) is 64.0 Å². The molecular formula is C12H23N3O2S. The van der Waals surface area contributed by atoms with Gasteiger partial charge in [-0.1, -0.05) is 20.8 Å². The summed E-state index contributed by atoms with van der Waals surface area (Å²) < 4.78 is 24.4. The predicted octanol–water partition coefficient (Wildman–Crippen LogP) is 1.06. The summed E-state index contributed by atoms with van der Waals surface area (Å²) in [5.74, 6) is 0.968. The van der Waals surface area contributed by atoms with Crippen molar-refractivity contribution < 1.29 is 8.42 Å². The van der Waals surface area contributed by atoms with Crippen LogP contribution in [0.1, 0.15) is 26.3 Å². The lowest BCUT2D eigenvalue weighted by Crippen LogP contribution is -2.18. The zero-order valence-corrected chi connectivity index (χ0v) is 12.2. The third kappa shape index (κ3) is 5.64. The third-order valence-corrected chi connectivity index (χ3v) is 4.32. The van der Waals surface area contributed by atoms with Gasteiger partial charge in [-0.25, -0.2) is 8.42 Å². The van der Waals surface area contributed by atoms with Crippen LogP contribution in [0.25, 0.3) is 0 Å². The molecule has 18 heavy (non-hydrogen) atoms. The van der Waals surface area contributed by atoms with Crippen LogP contribution in [0.2, 0.25) is 0 Å². The van der Waals surface area contributed by atoms with Crippen LogP contribution >= 0.6 is 0 Å². The van der Waals surface area contributed by atoms with Gasteiger partial charge in [0.1, 0.15) is 0 Å². The molecule has 0 amide bonds. The number of nitrogens with one attached hydrogen (secondary N) is 1. The second kappa shape index (κ2) is 6.89. The molecule has 0 saturated carbocycles. The van der Waals surface area contributed by atoms with Gasteiger partial charge in [0, 0.05) is 24.1 Å². The van der Waals surface area contributed by atoms with Crippen molar-refractivity contribution in [1.82, 2.24) is 15.1 Å². The van der Waals surface area contributed by atoms with E-state index in [0.717, 1.165) is 18.7 Å². The molecule has 0 spiro atoms. The number of hydrogen-bond donors (Lipinski definition) is 1. The van der Waals surface area contributed by atoms with E-state index in [2.05, 4.69) is 24.3 Å². The van der Waals surface area contributed by atoms with Crippen LogP contribution in [0.5, 0.6) is 0 Å². The first-order valence-electron chi connectivity index (χ1n) is 6.35. The molecule has 0 atom stereocenters. The van der Waals surface area contributed by atoms with Crippen LogP contribution in [0.4, 0.5) is 0 Å². The van der Waals surface area contributed by atoms with Crippen LogP contribution in [-0.2, 0) is 22.9 Å². The van der Waals surface area contributed by atoms with Crippen LogP contribution < -0.4 is 5.32 Å². The third-order valence-electron chi connectivity index (χ3n) is 2.64. The quantitative estimate of drug-likeness (QED) is 0.769. The summed E-state index contributed by atoms with van der Waals surface area (Å²) in [5, 5.41) is 7.49. The van der Waals surface area contributed by atoms with E-state index in [9.17, 15) is 8.42 Å². The second-order valence-corrected chi connectivity index (χ2v) is 7.35. The molecule has 5 nitrogen and oxygen atoms in total. The minimum absolute atomic E-state index is 0.157. The largest absolute Gasteiger partial charge is 0.312 e. The smallest absolute Gasteiger partial charge is 0.151 e. The van der Waals surface area contributed by atoms with E-state index in [-0.39, 0.29) is 11.5 Å². The molecule has 104 valence electrons. The van der Waals surface area contributed by atoms with Gasteiger partial charge in [0.05, 0.1) is 18.5 Å². The predicted molar refractivity (Wildman–Crippen MR) is 73.1 cm³/mol. The van der Waals surface area contributed by atoms with Crippen molar-refractivity contribution >= 4 is 9.84 Å². The Balaban J connectivity index is 2.39. The van der Waals surface area contributed by atoms with Gasteiger partial charge in [0.15, 0.2) is 9.84 Å². The normalized spacial score (nSPS) is 12.2. The molecule has 0 bridgehead atoms. The maximum absolute atomic E-state index is 11.4. The molecule has 0 fully saturated rings. The summed E-state index contributed by atoms with van der Waals surface area (Å²) >= 11 is 0. The Morgan fingerprint density at radius 1 is 1.44 bits per heavy atom. The fourth-order valence-electron chi connectivity index (χ4n) is 1.50. The van der Waals surface area contributed by atoms with Crippen LogP contribution in [0, 0.1) is 5.92 Å². The van der Waals surface area contributed by atoms with Crippen LogP contribution in [0.15, 0.2) is 12.4 Å². The van der Waals surface area contributed by atoms with E-state index >= 15 is 0 Å². The van der Waals surface area contributed by atoms with Gasteiger partial charge >= 0.3 is 0 Å². The van der Waals surface area contributed by atoms with E-state index in [4.69, 9.17) is 0 Å². The number of sulfone groups is 1. The first kappa shape index (κ1) is 15.2. The molecular weight excluding hydrogens is 250 g/mol. The van der Waals surface area contributed by atoms with Gasteiger partial charge in [-0.15, -0.1) is 0 Å². The molecule has 1 heterocycles. The van der Waals surface area contributed by atoms with Gasteiger partial charge in [-0.05, 0) is 12.5 Å². The first-order chi connectivity index (χ1) is 8.43. The maximum Gasteiger partial charge on any atom is 0.151 e. The Morgan fingerprint density at radius 2 is 2.17 bits per heavy atom. The Labute approximate surface area is 109 Å². The van der Waals surface area contributed by atoms with Gasteiger partial charge < -0.3 is 5.32 Å². The lowest BCUT2D eigenvalue weighted by Gasteiger charge is -2.05. The van der Waals surface area contributed by atoms with E-state index in [1.807, 2.05) is 6.20 Å². The molecule has 0 radical (unpaired) electrons. The highest BCUT2D eigenvalue weighted by molar-refractivity contribution is 7.91. The van der Waals surface area contributed by atoms with E-state index in [1.165, 1.54) is 0 Å². The van der Waals surface area contributed by atoms with Crippen LogP contribution in [-0.4, -0.2) is 36.2 Å². The molecule has 0 aliphatic carbocycles. The van der Waals surface area contributed by atoms with Crippen molar-refractivity contribution in [2.24, 2.45) is 5.92 Å². The van der Waals surface area contributed by atoms with E-state index < -0.39 is 9.84 Å². The summed E-state index contributed by atoms with van der Waals surface area (Å²) in [6.07, 6.45) is 3.68. The summed E-state index contributed by atoms with van der Waals surface area (Å²) in [4.78, 5) is 0. The molecule has 1 N–H and O–H groups in total. The maximum atomic E-state index is 11.4. The Bertz CT molecular complexity index is 452. The van der Waals surface area contributed by atoms with Gasteiger partial charge in [-0.2, -0.15) is 5.10 Å². The summed E-state index contributed by atoms with van der Waals surface area (Å²) in [7, 11) is -2.91. The summed E-state index contributed by atoms with van der Waals surface area (Å²) in [6.45, 7) is 8.16. The highest BCUT2D eigenvalue weighted by Crippen LogP contribution is 2.00. The number of nitrogens with zero attached hydrogens (tertiary/aromatic N) is 2. The first-order valence-corrected chi connectivity index (χ1v) is 8.17. The Hall–Kier alpha value is -0.880. The minimum atomic E-state index is -2.91. The Morgan fingerprint density at radius 3 is 2.78 bits per heavy atom. The second-order valence-electron chi connectivity index (χ2n) is 4.87. The highest BCUT2D eigenvalue weighted by atomic mass is 32.2. The lowest BCUT2D eigenvalue weighted by molar-refractivity contribution is 0.551. The van der Waals surface area contributed by atoms with Crippen molar-refractivity contribution in [2.75, 3.05) is 18.1 Å². The SMILES string of the molecule is CCS(=O)(=O)CCn1cc(CNCC(C)C)cn1. The van der Waals surface area contributed by atoms with E-state index in [1.54, 1.807) is 17.8 Å². The number of hydrogen-bond acceptors (Lipinski definition) is 4. The average Bonchev–Trinajstić information content (AvgIpc) is 2.74. The van der Waals surface area contributed by atoms with Crippen molar-refractivity contribution in [2.45, 2.75) is 33.9 Å². The molecule has 0 unspecified atom stereocenters. The number of aryl methyl sites for hydroxylation is 1. The van der Waals surface area contributed by atoms with Crippen molar-refractivity contribution in [3.8, 4) is 0 Å². The van der Waals surface area contributed by atoms with Gasteiger partial charge in [0.25, 0.3) is 0 Å². The molecule has 0 aromatic carbocycles. The van der Waals surface area contributed by atoms with Crippen molar-refractivity contribution in [1.29, 1.82) is 0 Å². The molecule has 0 saturated heterocycles. The fraction of sp³-hybridized carbons (Fsp3) is 0.750. The van der Waals surface area contributed by atoms with Crippen LogP contribution in [0.3, 0.4) is 0 Å².